The van der Waals surface area contributed by atoms with Crippen molar-refractivity contribution in [2.24, 2.45) is 4.99 Å². The van der Waals surface area contributed by atoms with Crippen LogP contribution in [0.2, 0.25) is 0 Å². The van der Waals surface area contributed by atoms with Gasteiger partial charge in [0.25, 0.3) is 0 Å². The zero-order valence-corrected chi connectivity index (χ0v) is 21.1. The van der Waals surface area contributed by atoms with Gasteiger partial charge in [0, 0.05) is 57.0 Å². The summed E-state index contributed by atoms with van der Waals surface area (Å²) in [5.41, 5.74) is 0.199. The van der Waals surface area contributed by atoms with E-state index in [0.29, 0.717) is 0 Å². The van der Waals surface area contributed by atoms with E-state index in [1.54, 1.807) is 7.05 Å². The lowest BCUT2D eigenvalue weighted by atomic mass is 9.88. The van der Waals surface area contributed by atoms with Gasteiger partial charge in [0.05, 0.1) is 0 Å². The molecule has 0 aliphatic carbocycles. The largest absolute Gasteiger partial charge is 0.381 e. The first-order valence-electron chi connectivity index (χ1n) is 10.8. The Kier molecular flexibility index (Phi) is 10.4. The van der Waals surface area contributed by atoms with Crippen molar-refractivity contribution < 1.29 is 13.5 Å². The first-order valence-corrected chi connectivity index (χ1v) is 10.8. The highest BCUT2D eigenvalue weighted by atomic mass is 127. The highest BCUT2D eigenvalue weighted by Crippen LogP contribution is 2.25. The van der Waals surface area contributed by atoms with Gasteiger partial charge in [-0.05, 0) is 58.5 Å². The van der Waals surface area contributed by atoms with Crippen molar-refractivity contribution in [2.75, 3.05) is 54.0 Å². The van der Waals surface area contributed by atoms with E-state index in [9.17, 15) is 8.78 Å². The zero-order chi connectivity index (χ0) is 21.6. The van der Waals surface area contributed by atoms with Gasteiger partial charge in [-0.15, -0.1) is 24.0 Å². The van der Waals surface area contributed by atoms with E-state index >= 15 is 0 Å². The minimum absolute atomic E-state index is 0. The van der Waals surface area contributed by atoms with Crippen molar-refractivity contribution in [1.29, 1.82) is 0 Å². The number of guanidine groups is 1. The van der Waals surface area contributed by atoms with E-state index in [1.807, 2.05) is 0 Å². The molecule has 6 nitrogen and oxygen atoms in total. The smallest absolute Gasteiger partial charge is 0.191 e. The number of benzene rings is 1. The lowest BCUT2D eigenvalue weighted by Crippen LogP contribution is -2.58. The summed E-state index contributed by atoms with van der Waals surface area (Å²) in [7, 11) is 6.01. The molecule has 2 saturated heterocycles. The summed E-state index contributed by atoms with van der Waals surface area (Å²) in [6.07, 6.45) is 3.94. The molecule has 0 amide bonds. The Labute approximate surface area is 201 Å². The van der Waals surface area contributed by atoms with Crippen LogP contribution < -0.4 is 10.6 Å². The van der Waals surface area contributed by atoms with E-state index in [-0.39, 0.29) is 47.7 Å². The summed E-state index contributed by atoms with van der Waals surface area (Å²) in [6, 6.07) is 4.23. The molecule has 0 radical (unpaired) electrons. The molecule has 176 valence electrons. The van der Waals surface area contributed by atoms with Crippen LogP contribution in [0.1, 0.15) is 31.2 Å². The Hall–Kier alpha value is -1.04. The molecule has 0 spiro atoms. The molecule has 3 rings (SSSR count). The molecule has 2 heterocycles. The number of hydrogen-bond donors (Lipinski definition) is 2. The fourth-order valence-corrected chi connectivity index (χ4v) is 4.39. The van der Waals surface area contributed by atoms with E-state index in [1.165, 1.54) is 18.2 Å². The summed E-state index contributed by atoms with van der Waals surface area (Å²) in [6.45, 7) is 4.18. The summed E-state index contributed by atoms with van der Waals surface area (Å²) < 4.78 is 33.6. The van der Waals surface area contributed by atoms with Gasteiger partial charge in [-0.25, -0.2) is 8.78 Å². The summed E-state index contributed by atoms with van der Waals surface area (Å²) in [4.78, 5) is 8.79. The molecule has 2 fully saturated rings. The molecule has 1 aromatic carbocycles. The molecule has 1 atom stereocenters. The quantitative estimate of drug-likeness (QED) is 0.324. The number of rotatable bonds is 6. The second kappa shape index (κ2) is 12.3. The number of aliphatic imine (C=N–C) groups is 1. The zero-order valence-electron chi connectivity index (χ0n) is 18.8. The molecule has 2 N–H and O–H groups in total. The highest BCUT2D eigenvalue weighted by molar-refractivity contribution is 14.0. The number of nitrogens with zero attached hydrogens (tertiary/aromatic N) is 3. The topological polar surface area (TPSA) is 52.1 Å². The monoisotopic (exact) mass is 551 g/mol. The molecule has 9 heteroatoms. The summed E-state index contributed by atoms with van der Waals surface area (Å²) in [5.74, 6) is -0.187. The number of halogens is 3. The molecule has 0 saturated carbocycles. The predicted molar refractivity (Wildman–Crippen MR) is 131 cm³/mol. The predicted octanol–water partition coefficient (Wildman–Crippen LogP) is 2.82. The lowest BCUT2D eigenvalue weighted by Gasteiger charge is -2.43. The van der Waals surface area contributed by atoms with Crippen LogP contribution in [0.25, 0.3) is 0 Å². The van der Waals surface area contributed by atoms with Crippen LogP contribution >= 0.6 is 24.0 Å². The molecule has 2 aliphatic heterocycles. The minimum atomic E-state index is -0.479. The Morgan fingerprint density at radius 2 is 1.94 bits per heavy atom. The molecule has 0 aromatic heterocycles. The molecule has 31 heavy (non-hydrogen) atoms. The molecule has 1 aromatic rings. The van der Waals surface area contributed by atoms with Gasteiger partial charge in [0.15, 0.2) is 5.96 Å². The first-order chi connectivity index (χ1) is 14.4. The summed E-state index contributed by atoms with van der Waals surface area (Å²) in [5, 5.41) is 7.00. The maximum Gasteiger partial charge on any atom is 0.191 e. The van der Waals surface area contributed by atoms with Crippen molar-refractivity contribution in [1.82, 2.24) is 20.4 Å². The summed E-state index contributed by atoms with van der Waals surface area (Å²) >= 11 is 0. The van der Waals surface area contributed by atoms with E-state index in [0.717, 1.165) is 64.5 Å². The normalized spacial score (nSPS) is 22.1. The van der Waals surface area contributed by atoms with Gasteiger partial charge < -0.3 is 20.3 Å². The van der Waals surface area contributed by atoms with Gasteiger partial charge in [0.2, 0.25) is 0 Å². The van der Waals surface area contributed by atoms with Crippen LogP contribution in [-0.4, -0.2) is 81.3 Å². The van der Waals surface area contributed by atoms with Crippen LogP contribution in [0.3, 0.4) is 0 Å². The van der Waals surface area contributed by atoms with Crippen molar-refractivity contribution in [3.05, 3.63) is 35.4 Å². The van der Waals surface area contributed by atoms with Crippen LogP contribution in [0.4, 0.5) is 8.78 Å². The van der Waals surface area contributed by atoms with E-state index < -0.39 is 11.6 Å². The Balaban J connectivity index is 0.00000341. The number of likely N-dealkylation sites (N-methyl/N-ethyl adjacent to an activating group) is 1. The maximum absolute atomic E-state index is 14.0. The van der Waals surface area contributed by atoms with E-state index in [4.69, 9.17) is 4.74 Å². The third-order valence-electron chi connectivity index (χ3n) is 6.47. The third kappa shape index (κ3) is 6.97. The molecular weight excluding hydrogens is 515 g/mol. The van der Waals surface area contributed by atoms with Crippen molar-refractivity contribution in [3.63, 3.8) is 0 Å². The van der Waals surface area contributed by atoms with Gasteiger partial charge in [-0.3, -0.25) is 9.89 Å². The van der Waals surface area contributed by atoms with Crippen LogP contribution in [-0.2, 0) is 11.3 Å². The number of hydrogen-bond acceptors (Lipinski definition) is 4. The number of ether oxygens (including phenoxy) is 1. The van der Waals surface area contributed by atoms with E-state index in [2.05, 4.69) is 39.5 Å². The Morgan fingerprint density at radius 1 is 1.26 bits per heavy atom. The van der Waals surface area contributed by atoms with Crippen LogP contribution in [0.15, 0.2) is 23.2 Å². The Bertz CT molecular complexity index is 708. The Morgan fingerprint density at radius 3 is 2.55 bits per heavy atom. The van der Waals surface area contributed by atoms with Crippen molar-refractivity contribution >= 4 is 29.9 Å². The van der Waals surface area contributed by atoms with Gasteiger partial charge in [0.1, 0.15) is 11.6 Å². The fourth-order valence-electron chi connectivity index (χ4n) is 4.39. The minimum Gasteiger partial charge on any atom is -0.381 e. The number of nitrogens with one attached hydrogen (secondary N) is 2. The highest BCUT2D eigenvalue weighted by Gasteiger charge is 2.35. The average molecular weight is 551 g/mol. The average Bonchev–Trinajstić information content (AvgIpc) is 2.74. The number of piperidine rings is 1. The van der Waals surface area contributed by atoms with Gasteiger partial charge in [-0.1, -0.05) is 6.07 Å². The molecule has 0 bridgehead atoms. The third-order valence-corrected chi connectivity index (χ3v) is 6.47. The van der Waals surface area contributed by atoms with Crippen LogP contribution in [0.5, 0.6) is 0 Å². The second-order valence-corrected chi connectivity index (χ2v) is 8.58. The lowest BCUT2D eigenvalue weighted by molar-refractivity contribution is -0.00504. The van der Waals surface area contributed by atoms with Gasteiger partial charge in [-0.2, -0.15) is 0 Å². The maximum atomic E-state index is 14.0. The molecule has 1 unspecified atom stereocenters. The number of likely N-dealkylation sites (tertiary alicyclic amines) is 1. The SMILES string of the molecule is CN=C(NCC1(N(C)C)CCOCC1)NC1CCCN(Cc2c(F)cccc2F)C1.I. The molecule has 2 aliphatic rings. The van der Waals surface area contributed by atoms with Gasteiger partial charge >= 0.3 is 0 Å². The molecular formula is C22H36F2IN5O. The van der Waals surface area contributed by atoms with Crippen molar-refractivity contribution in [2.45, 2.75) is 43.8 Å². The van der Waals surface area contributed by atoms with Crippen LogP contribution in [0, 0.1) is 11.6 Å². The fraction of sp³-hybridized carbons (Fsp3) is 0.682. The second-order valence-electron chi connectivity index (χ2n) is 8.58. The first kappa shape index (κ1) is 26.2. The van der Waals surface area contributed by atoms with Crippen molar-refractivity contribution in [3.8, 4) is 0 Å². The standard InChI is InChI=1S/C22H35F2N5O.HI/c1-25-21(26-16-22(28(2)3)9-12-30-13-10-22)27-17-6-5-11-29(14-17)15-18-19(23)7-4-8-20(18)24;/h4,7-8,17H,5-6,9-16H2,1-3H3,(H2,25,26,27);1H.